The fourth-order valence-electron chi connectivity index (χ4n) is 6.31. The van der Waals surface area contributed by atoms with Crippen LogP contribution in [-0.2, 0) is 16.1 Å². The van der Waals surface area contributed by atoms with Crippen LogP contribution in [0, 0.1) is 5.82 Å². The minimum Gasteiger partial charge on any atom is -0.462 e. The first-order valence-corrected chi connectivity index (χ1v) is 15.3. The molecule has 3 heterocycles. The van der Waals surface area contributed by atoms with Crippen molar-refractivity contribution in [3.8, 4) is 33.6 Å². The van der Waals surface area contributed by atoms with Crippen LogP contribution < -0.4 is 5.32 Å². The summed E-state index contributed by atoms with van der Waals surface area (Å²) in [5.74, 6) is -0.982. The third-order valence-corrected chi connectivity index (χ3v) is 8.21. The second-order valence-corrected chi connectivity index (χ2v) is 11.7. The Morgan fingerprint density at radius 3 is 2.33 bits per heavy atom. The average molecular weight is 606 g/mol. The highest BCUT2D eigenvalue weighted by atomic mass is 19.1. The number of halogens is 1. The maximum atomic E-state index is 14.2. The Morgan fingerprint density at radius 1 is 0.978 bits per heavy atom. The molecule has 1 saturated heterocycles. The number of aromatic amines is 1. The fourth-order valence-corrected chi connectivity index (χ4v) is 6.31. The molecule has 0 saturated carbocycles. The zero-order chi connectivity index (χ0) is 31.5. The third kappa shape index (κ3) is 6.33. The first-order valence-electron chi connectivity index (χ1n) is 15.3. The van der Waals surface area contributed by atoms with E-state index in [0.29, 0.717) is 36.3 Å². The summed E-state index contributed by atoms with van der Waals surface area (Å²) in [7, 11) is 0. The molecule has 1 fully saturated rings. The number of aliphatic hydroxyl groups is 1. The van der Waals surface area contributed by atoms with Gasteiger partial charge in [0.15, 0.2) is 0 Å². The number of ether oxygens (including phenoxy) is 1. The van der Waals surface area contributed by atoms with E-state index in [4.69, 9.17) is 4.74 Å². The second-order valence-electron chi connectivity index (χ2n) is 11.7. The smallest absolute Gasteiger partial charge is 0.308 e. The van der Waals surface area contributed by atoms with Crippen LogP contribution in [0.15, 0.2) is 97.2 Å². The molecule has 6 rings (SSSR count). The second kappa shape index (κ2) is 13.0. The van der Waals surface area contributed by atoms with Gasteiger partial charge >= 0.3 is 5.97 Å². The number of amides is 1. The number of esters is 1. The van der Waals surface area contributed by atoms with E-state index in [1.54, 1.807) is 24.4 Å². The maximum absolute atomic E-state index is 14.2. The number of benzene rings is 3. The average Bonchev–Trinajstić information content (AvgIpc) is 3.64. The van der Waals surface area contributed by atoms with Gasteiger partial charge in [0.1, 0.15) is 11.9 Å². The Kier molecular flexibility index (Phi) is 8.67. The third-order valence-electron chi connectivity index (χ3n) is 8.21. The molecule has 2 aromatic heterocycles. The van der Waals surface area contributed by atoms with Crippen LogP contribution in [0.5, 0.6) is 0 Å². The van der Waals surface area contributed by atoms with E-state index in [-0.39, 0.29) is 24.1 Å². The highest BCUT2D eigenvalue weighted by molar-refractivity contribution is 6.10. The number of carbonyl (C=O) groups is 2. The summed E-state index contributed by atoms with van der Waals surface area (Å²) in [5.41, 5.74) is 7.23. The number of nitrogens with one attached hydrogen (secondary N) is 2. The van der Waals surface area contributed by atoms with Gasteiger partial charge in [0.25, 0.3) is 5.91 Å². The van der Waals surface area contributed by atoms with Crippen molar-refractivity contribution in [2.45, 2.75) is 57.8 Å². The van der Waals surface area contributed by atoms with Gasteiger partial charge in [0, 0.05) is 48.1 Å². The van der Waals surface area contributed by atoms with Crippen LogP contribution in [0.4, 0.5) is 10.1 Å². The molecule has 7 nitrogen and oxygen atoms in total. The predicted molar refractivity (Wildman–Crippen MR) is 173 cm³/mol. The van der Waals surface area contributed by atoms with Gasteiger partial charge < -0.3 is 24.7 Å². The number of carbonyl (C=O) groups excluding carboxylic acids is 2. The number of H-pyrrole nitrogens is 1. The van der Waals surface area contributed by atoms with E-state index in [9.17, 15) is 19.1 Å². The number of hydrogen-bond donors (Lipinski definition) is 3. The molecular weight excluding hydrogens is 569 g/mol. The van der Waals surface area contributed by atoms with Crippen LogP contribution in [-0.4, -0.2) is 38.7 Å². The predicted octanol–water partition coefficient (Wildman–Crippen LogP) is 7.79. The lowest BCUT2D eigenvalue weighted by Crippen LogP contribution is -2.33. The Labute approximate surface area is 261 Å². The summed E-state index contributed by atoms with van der Waals surface area (Å²) < 4.78 is 22.1. The Bertz CT molecular complexity index is 1790. The van der Waals surface area contributed by atoms with E-state index >= 15 is 0 Å². The minimum absolute atomic E-state index is 0.00104. The van der Waals surface area contributed by atoms with E-state index in [0.717, 1.165) is 33.6 Å². The monoisotopic (exact) mass is 605 g/mol. The highest BCUT2D eigenvalue weighted by Gasteiger charge is 2.32. The molecule has 230 valence electrons. The van der Waals surface area contributed by atoms with Crippen molar-refractivity contribution in [2.75, 3.05) is 5.32 Å². The Balaban J connectivity index is 1.57. The number of para-hydroxylation sites is 1. The van der Waals surface area contributed by atoms with Crippen molar-refractivity contribution < 1.29 is 23.8 Å². The molecule has 0 aliphatic carbocycles. The zero-order valence-electron chi connectivity index (χ0n) is 25.3. The normalized spacial score (nSPS) is 16.5. The first-order chi connectivity index (χ1) is 21.8. The lowest BCUT2D eigenvalue weighted by Gasteiger charge is -2.27. The van der Waals surface area contributed by atoms with Crippen molar-refractivity contribution in [3.05, 3.63) is 114 Å². The SMILES string of the molecule is CC(C)c1c(-c2[nH]ccc2C(=O)Nc2ccccc2)c(-c2ccccc2)c(-c2ccc(F)cc2)n1CC[C@H]1C[C@H](O)CC(=O)O1. The molecule has 45 heavy (non-hydrogen) atoms. The van der Waals surface area contributed by atoms with E-state index in [1.807, 2.05) is 60.7 Å². The number of rotatable bonds is 9. The molecule has 8 heteroatoms. The topological polar surface area (TPSA) is 96.4 Å². The largest absolute Gasteiger partial charge is 0.462 e. The zero-order valence-corrected chi connectivity index (χ0v) is 25.3. The number of cyclic esters (lactones) is 1. The van der Waals surface area contributed by atoms with Gasteiger partial charge in [0.05, 0.1) is 29.5 Å². The summed E-state index contributed by atoms with van der Waals surface area (Å²) >= 11 is 0. The van der Waals surface area contributed by atoms with E-state index < -0.39 is 18.2 Å². The van der Waals surface area contributed by atoms with Gasteiger partial charge in [-0.15, -0.1) is 0 Å². The molecule has 2 atom stereocenters. The molecule has 0 unspecified atom stereocenters. The number of hydrogen-bond acceptors (Lipinski definition) is 4. The van der Waals surface area contributed by atoms with E-state index in [2.05, 4.69) is 28.7 Å². The number of nitrogens with zero attached hydrogens (tertiary/aromatic N) is 1. The molecule has 0 radical (unpaired) electrons. The molecule has 1 aliphatic rings. The lowest BCUT2D eigenvalue weighted by atomic mass is 9.92. The van der Waals surface area contributed by atoms with Gasteiger partial charge in [-0.1, -0.05) is 62.4 Å². The molecular formula is C37H36FN3O4. The standard InChI is InChI=1S/C37H36FN3O4/c1-23(2)35-33(34-30(17-19-39-34)37(44)40-27-11-7-4-8-12-27)32(24-9-5-3-6-10-24)36(25-13-15-26(38)16-14-25)41(35)20-18-29-21-28(42)22-31(43)45-29/h3-17,19,23,28-29,39,42H,18,20-22H2,1-2H3,(H,40,44)/t28-,29-/m0/s1. The summed E-state index contributed by atoms with van der Waals surface area (Å²) in [6.07, 6.45) is 1.44. The van der Waals surface area contributed by atoms with Gasteiger partial charge in [-0.25, -0.2) is 4.39 Å². The molecule has 1 aliphatic heterocycles. The highest BCUT2D eigenvalue weighted by Crippen LogP contribution is 2.47. The van der Waals surface area contributed by atoms with Gasteiger partial charge in [-0.05, 0) is 59.5 Å². The van der Waals surface area contributed by atoms with Gasteiger partial charge in [-0.2, -0.15) is 0 Å². The minimum atomic E-state index is -0.734. The van der Waals surface area contributed by atoms with Crippen LogP contribution in [0.1, 0.15) is 55.1 Å². The van der Waals surface area contributed by atoms with Crippen molar-refractivity contribution in [3.63, 3.8) is 0 Å². The van der Waals surface area contributed by atoms with Crippen LogP contribution >= 0.6 is 0 Å². The summed E-state index contributed by atoms with van der Waals surface area (Å²) in [6, 6.07) is 27.5. The van der Waals surface area contributed by atoms with E-state index in [1.165, 1.54) is 12.1 Å². The molecule has 3 N–H and O–H groups in total. The van der Waals surface area contributed by atoms with Crippen LogP contribution in [0.25, 0.3) is 33.6 Å². The van der Waals surface area contributed by atoms with Crippen LogP contribution in [0.2, 0.25) is 0 Å². The quantitative estimate of drug-likeness (QED) is 0.150. The Hall–Kier alpha value is -4.95. The van der Waals surface area contributed by atoms with Gasteiger partial charge in [-0.3, -0.25) is 9.59 Å². The Morgan fingerprint density at radius 2 is 1.67 bits per heavy atom. The lowest BCUT2D eigenvalue weighted by molar-refractivity contribution is -0.160. The fraction of sp³-hybridized carbons (Fsp3) is 0.243. The molecule has 0 spiro atoms. The maximum Gasteiger partial charge on any atom is 0.308 e. The summed E-state index contributed by atoms with van der Waals surface area (Å²) in [5, 5.41) is 13.3. The van der Waals surface area contributed by atoms with Crippen molar-refractivity contribution >= 4 is 17.6 Å². The molecule has 5 aromatic rings. The van der Waals surface area contributed by atoms with Crippen molar-refractivity contribution in [1.82, 2.24) is 9.55 Å². The van der Waals surface area contributed by atoms with Gasteiger partial charge in [0.2, 0.25) is 0 Å². The molecule has 1 amide bonds. The summed E-state index contributed by atoms with van der Waals surface area (Å²) in [4.78, 5) is 29.3. The summed E-state index contributed by atoms with van der Waals surface area (Å²) in [6.45, 7) is 4.68. The first kappa shape index (κ1) is 30.1. The van der Waals surface area contributed by atoms with Crippen molar-refractivity contribution in [2.24, 2.45) is 0 Å². The molecule has 0 bridgehead atoms. The molecule has 3 aromatic carbocycles. The van der Waals surface area contributed by atoms with Crippen molar-refractivity contribution in [1.29, 1.82) is 0 Å². The van der Waals surface area contributed by atoms with Crippen LogP contribution in [0.3, 0.4) is 0 Å². The number of aliphatic hydroxyl groups excluding tert-OH is 1. The number of anilines is 1. The number of aromatic nitrogens is 2.